The van der Waals surface area contributed by atoms with Crippen molar-refractivity contribution < 1.29 is 18.7 Å². The number of likely N-dealkylation sites (N-methyl/N-ethyl adjacent to an activating group) is 1. The molecule has 1 atom stereocenters. The number of fused-ring (bicyclic) bond motifs is 2. The van der Waals surface area contributed by atoms with E-state index in [1.54, 1.807) is 17.9 Å². The van der Waals surface area contributed by atoms with Gasteiger partial charge in [0.05, 0.1) is 25.3 Å². The van der Waals surface area contributed by atoms with Crippen LogP contribution in [0, 0.1) is 11.2 Å². The van der Waals surface area contributed by atoms with Crippen molar-refractivity contribution in [2.45, 2.75) is 52.6 Å². The van der Waals surface area contributed by atoms with E-state index in [-0.39, 0.29) is 65.0 Å². The van der Waals surface area contributed by atoms with Crippen LogP contribution < -0.4 is 14.4 Å². The van der Waals surface area contributed by atoms with Crippen molar-refractivity contribution in [2.24, 2.45) is 0 Å². The molecule has 2 aromatic carbocycles. The SMILES string of the molecule is Br.CCOc1cc2c(c(F)c1OCC)C(=N)N(CC(=O)c1ccc3c(c1)C(C)(C)C(C)N3C)C2. The number of rotatable bonds is 7. The number of Topliss-reactive ketones (excluding diaryl/α,β-unsaturated/α-hetero) is 1. The van der Waals surface area contributed by atoms with Gasteiger partial charge >= 0.3 is 0 Å². The predicted octanol–water partition coefficient (Wildman–Crippen LogP) is 5.34. The van der Waals surface area contributed by atoms with Crippen molar-refractivity contribution in [3.63, 3.8) is 0 Å². The molecule has 184 valence electrons. The van der Waals surface area contributed by atoms with Crippen molar-refractivity contribution in [1.82, 2.24) is 4.90 Å². The quantitative estimate of drug-likeness (QED) is 0.486. The summed E-state index contributed by atoms with van der Waals surface area (Å²) in [6.45, 7) is 11.1. The average Bonchev–Trinajstić information content (AvgIpc) is 3.17. The summed E-state index contributed by atoms with van der Waals surface area (Å²) >= 11 is 0. The van der Waals surface area contributed by atoms with Crippen molar-refractivity contribution in [1.29, 1.82) is 5.41 Å². The van der Waals surface area contributed by atoms with E-state index in [0.29, 0.717) is 29.5 Å². The predicted molar refractivity (Wildman–Crippen MR) is 138 cm³/mol. The normalized spacial score (nSPS) is 17.9. The van der Waals surface area contributed by atoms with Gasteiger partial charge in [0.15, 0.2) is 23.1 Å². The van der Waals surface area contributed by atoms with E-state index in [4.69, 9.17) is 14.9 Å². The Hall–Kier alpha value is -2.61. The fourth-order valence-corrected chi connectivity index (χ4v) is 4.87. The van der Waals surface area contributed by atoms with Crippen LogP contribution in [-0.4, -0.2) is 49.4 Å². The zero-order chi connectivity index (χ0) is 24.1. The lowest BCUT2D eigenvalue weighted by Gasteiger charge is -2.28. The maximum absolute atomic E-state index is 15.3. The third-order valence-corrected chi connectivity index (χ3v) is 7.12. The van der Waals surface area contributed by atoms with Gasteiger partial charge in [-0.1, -0.05) is 13.8 Å². The highest BCUT2D eigenvalue weighted by molar-refractivity contribution is 8.93. The minimum Gasteiger partial charge on any atom is -0.490 e. The van der Waals surface area contributed by atoms with Gasteiger partial charge in [0.2, 0.25) is 0 Å². The lowest BCUT2D eigenvalue weighted by Crippen LogP contribution is -2.36. The van der Waals surface area contributed by atoms with E-state index in [9.17, 15) is 4.79 Å². The molecule has 2 aromatic rings. The van der Waals surface area contributed by atoms with Crippen LogP contribution in [0.3, 0.4) is 0 Å². The molecule has 2 heterocycles. The first kappa shape index (κ1) is 26.0. The van der Waals surface area contributed by atoms with Crippen LogP contribution in [0.15, 0.2) is 24.3 Å². The van der Waals surface area contributed by atoms with E-state index in [1.807, 2.05) is 25.1 Å². The number of nitrogens with zero attached hydrogens (tertiary/aromatic N) is 2. The number of benzene rings is 2. The molecule has 0 radical (unpaired) electrons. The fourth-order valence-electron chi connectivity index (χ4n) is 4.87. The van der Waals surface area contributed by atoms with Crippen LogP contribution >= 0.6 is 17.0 Å². The number of anilines is 1. The van der Waals surface area contributed by atoms with Crippen LogP contribution in [0.25, 0.3) is 0 Å². The van der Waals surface area contributed by atoms with E-state index < -0.39 is 5.82 Å². The number of hydrogen-bond acceptors (Lipinski definition) is 5. The second kappa shape index (κ2) is 9.56. The topological polar surface area (TPSA) is 65.9 Å². The lowest BCUT2D eigenvalue weighted by atomic mass is 9.80. The number of amidine groups is 1. The molecule has 4 rings (SSSR count). The van der Waals surface area contributed by atoms with Gasteiger partial charge in [0.25, 0.3) is 0 Å². The first-order valence-electron chi connectivity index (χ1n) is 11.5. The number of carbonyl (C=O) groups excluding carboxylic acids is 1. The maximum Gasteiger partial charge on any atom is 0.197 e. The van der Waals surface area contributed by atoms with Gasteiger partial charge in [-0.05, 0) is 56.2 Å². The summed E-state index contributed by atoms with van der Waals surface area (Å²) in [4.78, 5) is 17.0. The van der Waals surface area contributed by atoms with Gasteiger partial charge in [-0.25, -0.2) is 4.39 Å². The second-order valence-electron chi connectivity index (χ2n) is 9.29. The van der Waals surface area contributed by atoms with Gasteiger partial charge in [-0.2, -0.15) is 0 Å². The fraction of sp³-hybridized carbons (Fsp3) is 0.462. The van der Waals surface area contributed by atoms with Crippen molar-refractivity contribution >= 4 is 34.3 Å². The molecule has 8 heteroatoms. The van der Waals surface area contributed by atoms with Crippen molar-refractivity contribution in [2.75, 3.05) is 31.7 Å². The lowest BCUT2D eigenvalue weighted by molar-refractivity contribution is 0.0962. The van der Waals surface area contributed by atoms with E-state index in [1.165, 1.54) is 0 Å². The second-order valence-corrected chi connectivity index (χ2v) is 9.29. The van der Waals surface area contributed by atoms with Crippen molar-refractivity contribution in [3.8, 4) is 11.5 Å². The number of halogens is 2. The highest BCUT2D eigenvalue weighted by Crippen LogP contribution is 2.44. The van der Waals surface area contributed by atoms with Gasteiger partial charge < -0.3 is 19.3 Å². The summed E-state index contributed by atoms with van der Waals surface area (Å²) in [6.07, 6.45) is 0. The summed E-state index contributed by atoms with van der Waals surface area (Å²) in [6, 6.07) is 7.87. The standard InChI is InChI=1S/C26H32FN3O3.BrH/c1-7-32-21-12-17-13-30(25(28)22(17)23(27)24(21)33-8-2)14-20(31)16-9-10-19-18(11-16)26(4,5)15(3)29(19)6;/h9-12,15,28H,7-8,13-14H2,1-6H3;1H. The monoisotopic (exact) mass is 533 g/mol. The Kier molecular flexibility index (Phi) is 7.31. The molecule has 0 saturated heterocycles. The van der Waals surface area contributed by atoms with Crippen LogP contribution in [0.2, 0.25) is 0 Å². The Labute approximate surface area is 211 Å². The minimum absolute atomic E-state index is 0. The van der Waals surface area contributed by atoms with E-state index in [2.05, 4.69) is 32.7 Å². The molecule has 1 unspecified atom stereocenters. The summed E-state index contributed by atoms with van der Waals surface area (Å²) in [5, 5.41) is 8.55. The van der Waals surface area contributed by atoms with E-state index in [0.717, 1.165) is 11.3 Å². The number of ether oxygens (including phenoxy) is 2. The molecule has 0 saturated carbocycles. The molecule has 6 nitrogen and oxygen atoms in total. The Balaban J connectivity index is 0.00000324. The van der Waals surface area contributed by atoms with Crippen LogP contribution in [0.5, 0.6) is 11.5 Å². The largest absolute Gasteiger partial charge is 0.490 e. The Morgan fingerprint density at radius 2 is 1.88 bits per heavy atom. The Bertz CT molecular complexity index is 1130. The van der Waals surface area contributed by atoms with Crippen LogP contribution in [-0.2, 0) is 12.0 Å². The third-order valence-electron chi connectivity index (χ3n) is 7.12. The molecule has 2 aliphatic rings. The minimum atomic E-state index is -0.603. The summed E-state index contributed by atoms with van der Waals surface area (Å²) in [5.41, 5.74) is 3.63. The van der Waals surface area contributed by atoms with Gasteiger partial charge in [-0.15, -0.1) is 17.0 Å². The van der Waals surface area contributed by atoms with Gasteiger partial charge in [-0.3, -0.25) is 10.2 Å². The summed E-state index contributed by atoms with van der Waals surface area (Å²) in [5.74, 6) is -0.349. The summed E-state index contributed by atoms with van der Waals surface area (Å²) < 4.78 is 26.3. The molecule has 0 aliphatic carbocycles. The highest BCUT2D eigenvalue weighted by Gasteiger charge is 2.40. The zero-order valence-electron chi connectivity index (χ0n) is 20.6. The maximum atomic E-state index is 15.3. The molecular weight excluding hydrogens is 501 g/mol. The summed E-state index contributed by atoms with van der Waals surface area (Å²) in [7, 11) is 2.07. The number of carbonyl (C=O) groups is 1. The number of ketones is 1. The highest BCUT2D eigenvalue weighted by atomic mass is 79.9. The van der Waals surface area contributed by atoms with Gasteiger partial charge in [0.1, 0.15) is 5.84 Å². The zero-order valence-corrected chi connectivity index (χ0v) is 22.3. The average molecular weight is 534 g/mol. The molecular formula is C26H33BrFN3O3. The molecule has 0 amide bonds. The number of nitrogens with one attached hydrogen (secondary N) is 1. The molecule has 34 heavy (non-hydrogen) atoms. The molecule has 1 N–H and O–H groups in total. The Morgan fingerprint density at radius 3 is 2.53 bits per heavy atom. The van der Waals surface area contributed by atoms with Crippen LogP contribution in [0.1, 0.15) is 61.7 Å². The molecule has 2 aliphatic heterocycles. The third kappa shape index (κ3) is 4.06. The van der Waals surface area contributed by atoms with Gasteiger partial charge in [0, 0.05) is 36.3 Å². The molecule has 0 aromatic heterocycles. The van der Waals surface area contributed by atoms with E-state index >= 15 is 4.39 Å². The van der Waals surface area contributed by atoms with Crippen molar-refractivity contribution in [3.05, 3.63) is 52.3 Å². The molecule has 0 fully saturated rings. The first-order valence-corrected chi connectivity index (χ1v) is 11.5. The first-order chi connectivity index (χ1) is 15.6. The smallest absolute Gasteiger partial charge is 0.197 e. The Morgan fingerprint density at radius 1 is 1.21 bits per heavy atom. The van der Waals surface area contributed by atoms with Crippen LogP contribution in [0.4, 0.5) is 10.1 Å². The molecule has 0 spiro atoms. The number of hydrogen-bond donors (Lipinski definition) is 1. The molecule has 0 bridgehead atoms.